The van der Waals surface area contributed by atoms with Crippen molar-refractivity contribution in [3.8, 4) is 11.1 Å². The molecule has 2 aliphatic rings. The summed E-state index contributed by atoms with van der Waals surface area (Å²) in [6, 6.07) is 9.85. The molecule has 1 atom stereocenters. The Morgan fingerprint density at radius 1 is 1.11 bits per heavy atom. The maximum atomic E-state index is 10.0. The highest BCUT2D eigenvalue weighted by atomic mass is 16.3. The van der Waals surface area contributed by atoms with Crippen molar-refractivity contribution in [1.29, 1.82) is 0 Å². The summed E-state index contributed by atoms with van der Waals surface area (Å²) in [5.41, 5.74) is 4.75. The van der Waals surface area contributed by atoms with E-state index in [1.165, 1.54) is 16.7 Å². The summed E-state index contributed by atoms with van der Waals surface area (Å²) in [6.45, 7) is 9.71. The molecule has 2 aromatic heterocycles. The lowest BCUT2D eigenvalue weighted by atomic mass is 9.93. The molecule has 1 saturated heterocycles. The van der Waals surface area contributed by atoms with Crippen LogP contribution in [0.3, 0.4) is 0 Å². The summed E-state index contributed by atoms with van der Waals surface area (Å²) in [6.07, 6.45) is 10.00. The van der Waals surface area contributed by atoms with Crippen LogP contribution in [-0.4, -0.2) is 63.4 Å². The Labute approximate surface area is 209 Å². The summed E-state index contributed by atoms with van der Waals surface area (Å²) in [7, 11) is 0. The van der Waals surface area contributed by atoms with Crippen LogP contribution in [0.1, 0.15) is 70.0 Å². The van der Waals surface area contributed by atoms with Crippen molar-refractivity contribution in [2.75, 3.05) is 38.0 Å². The van der Waals surface area contributed by atoms with Crippen molar-refractivity contribution in [2.24, 2.45) is 0 Å². The maximum absolute atomic E-state index is 10.0. The topological polar surface area (TPSA) is 78.2 Å². The second-order valence-corrected chi connectivity index (χ2v) is 10.2. The van der Waals surface area contributed by atoms with Gasteiger partial charge in [-0.2, -0.15) is 4.98 Å². The van der Waals surface area contributed by atoms with Crippen molar-refractivity contribution < 1.29 is 5.11 Å². The molecule has 7 heteroatoms. The predicted octanol–water partition coefficient (Wildman–Crippen LogP) is 4.75. The van der Waals surface area contributed by atoms with E-state index in [2.05, 4.69) is 69.4 Å². The fourth-order valence-electron chi connectivity index (χ4n) is 5.56. The number of fused-ring (bicyclic) bond motifs is 1. The molecule has 35 heavy (non-hydrogen) atoms. The van der Waals surface area contributed by atoms with Gasteiger partial charge in [-0.25, -0.2) is 4.98 Å². The van der Waals surface area contributed by atoms with Gasteiger partial charge in [-0.05, 0) is 50.2 Å². The second kappa shape index (κ2) is 11.1. The minimum Gasteiger partial charge on any atom is -0.393 e. The highest BCUT2D eigenvalue weighted by Crippen LogP contribution is 2.37. The monoisotopic (exact) mass is 476 g/mol. The van der Waals surface area contributed by atoms with Gasteiger partial charge in [0.05, 0.1) is 6.10 Å². The zero-order valence-corrected chi connectivity index (χ0v) is 21.2. The molecule has 0 spiro atoms. The quantitative estimate of drug-likeness (QED) is 0.407. The minimum absolute atomic E-state index is 0.168. The van der Waals surface area contributed by atoms with Gasteiger partial charge in [0.25, 0.3) is 0 Å². The Kier molecular flexibility index (Phi) is 7.66. The lowest BCUT2D eigenvalue weighted by Crippen LogP contribution is -2.44. The first-order valence-corrected chi connectivity index (χ1v) is 13.5. The molecule has 2 fully saturated rings. The number of hydrogen-bond acceptors (Lipinski definition) is 6. The van der Waals surface area contributed by atoms with Crippen LogP contribution in [0.4, 0.5) is 5.95 Å². The number of benzene rings is 1. The van der Waals surface area contributed by atoms with E-state index in [4.69, 9.17) is 4.98 Å². The van der Waals surface area contributed by atoms with Crippen LogP contribution in [0.2, 0.25) is 0 Å². The molecule has 1 aliphatic heterocycles. The average Bonchev–Trinajstić information content (AvgIpc) is 3.28. The number of unbranched alkanes of at least 4 members (excludes halogenated alkanes) is 1. The molecular formula is C28H40N6O. The maximum Gasteiger partial charge on any atom is 0.224 e. The highest BCUT2D eigenvalue weighted by molar-refractivity contribution is 5.94. The van der Waals surface area contributed by atoms with Crippen LogP contribution in [-0.2, 0) is 0 Å². The van der Waals surface area contributed by atoms with E-state index >= 15 is 0 Å². The van der Waals surface area contributed by atoms with E-state index < -0.39 is 0 Å². The predicted molar refractivity (Wildman–Crippen MR) is 143 cm³/mol. The Balaban J connectivity index is 1.45. The van der Waals surface area contributed by atoms with Crippen molar-refractivity contribution in [2.45, 2.75) is 70.6 Å². The van der Waals surface area contributed by atoms with Gasteiger partial charge in [-0.1, -0.05) is 37.6 Å². The fraction of sp³-hybridized carbons (Fsp3) is 0.571. The number of hydrogen-bond donors (Lipinski definition) is 3. The summed E-state index contributed by atoms with van der Waals surface area (Å²) in [5, 5.41) is 18.0. The molecular weight excluding hydrogens is 436 g/mol. The number of aromatic nitrogens is 3. The zero-order chi connectivity index (χ0) is 24.2. The molecule has 0 radical (unpaired) electrons. The second-order valence-electron chi connectivity index (χ2n) is 10.2. The van der Waals surface area contributed by atoms with E-state index in [0.717, 1.165) is 82.3 Å². The smallest absolute Gasteiger partial charge is 0.224 e. The zero-order valence-electron chi connectivity index (χ0n) is 21.2. The Hall–Kier alpha value is -2.48. The molecule has 3 heterocycles. The van der Waals surface area contributed by atoms with Crippen LogP contribution >= 0.6 is 0 Å². The molecule has 1 aliphatic carbocycles. The van der Waals surface area contributed by atoms with Crippen LogP contribution in [0.5, 0.6) is 0 Å². The van der Waals surface area contributed by atoms with E-state index in [0.29, 0.717) is 18.0 Å². The number of nitrogens with zero attached hydrogens (tertiary/aromatic N) is 4. The largest absolute Gasteiger partial charge is 0.393 e. The molecule has 1 unspecified atom stereocenters. The van der Waals surface area contributed by atoms with Crippen molar-refractivity contribution in [1.82, 2.24) is 24.8 Å². The third-order valence-corrected chi connectivity index (χ3v) is 7.85. The Bertz CT molecular complexity index is 1100. The molecule has 3 aromatic rings. The van der Waals surface area contributed by atoms with Crippen LogP contribution in [0.25, 0.3) is 22.2 Å². The number of nitrogens with one attached hydrogen (secondary N) is 2. The first-order valence-electron chi connectivity index (χ1n) is 13.5. The first kappa shape index (κ1) is 24.2. The van der Waals surface area contributed by atoms with E-state index in [-0.39, 0.29) is 6.10 Å². The molecule has 0 amide bonds. The number of aliphatic hydroxyl groups excluding tert-OH is 1. The molecule has 5 rings (SSSR count). The number of aliphatic hydroxyl groups is 1. The summed E-state index contributed by atoms with van der Waals surface area (Å²) < 4.78 is 2.35. The standard InChI is InChI=1S/C28H40N6O/c1-3-4-13-30-28-31-18-25-26(19-34(27(25)32-28)23-9-11-24(35)12-10-23)22-7-5-21(6-8-22)20(2)33-16-14-29-15-17-33/h5-8,18-20,23-24,29,35H,3-4,9-17H2,1-2H3,(H,30,31,32). The van der Waals surface area contributed by atoms with Gasteiger partial charge in [-0.3, -0.25) is 4.90 Å². The number of anilines is 1. The molecule has 188 valence electrons. The lowest BCUT2D eigenvalue weighted by Gasteiger charge is -2.33. The third-order valence-electron chi connectivity index (χ3n) is 7.85. The summed E-state index contributed by atoms with van der Waals surface area (Å²) in [5.74, 6) is 0.702. The number of rotatable bonds is 8. The van der Waals surface area contributed by atoms with Crippen LogP contribution in [0.15, 0.2) is 36.7 Å². The van der Waals surface area contributed by atoms with Gasteiger partial charge >= 0.3 is 0 Å². The van der Waals surface area contributed by atoms with Gasteiger partial charge in [0.1, 0.15) is 5.65 Å². The molecule has 1 saturated carbocycles. The SMILES string of the molecule is CCCCNc1ncc2c(-c3ccc(C(C)N4CCNCC4)cc3)cn(C3CCC(O)CC3)c2n1. The van der Waals surface area contributed by atoms with Gasteiger partial charge in [0.2, 0.25) is 5.95 Å². The van der Waals surface area contributed by atoms with Gasteiger partial charge in [0.15, 0.2) is 0 Å². The average molecular weight is 477 g/mol. The van der Waals surface area contributed by atoms with Crippen LogP contribution in [0, 0.1) is 0 Å². The summed E-state index contributed by atoms with van der Waals surface area (Å²) in [4.78, 5) is 12.2. The van der Waals surface area contributed by atoms with E-state index in [1.54, 1.807) is 0 Å². The fourth-order valence-corrected chi connectivity index (χ4v) is 5.56. The Morgan fingerprint density at radius 2 is 1.86 bits per heavy atom. The van der Waals surface area contributed by atoms with Gasteiger partial charge in [-0.15, -0.1) is 0 Å². The van der Waals surface area contributed by atoms with Crippen molar-refractivity contribution in [3.05, 3.63) is 42.2 Å². The molecule has 0 bridgehead atoms. The van der Waals surface area contributed by atoms with Gasteiger partial charge in [0, 0.05) is 68.2 Å². The van der Waals surface area contributed by atoms with Crippen molar-refractivity contribution in [3.63, 3.8) is 0 Å². The Morgan fingerprint density at radius 3 is 2.57 bits per heavy atom. The first-order chi connectivity index (χ1) is 17.1. The molecule has 1 aromatic carbocycles. The van der Waals surface area contributed by atoms with E-state index in [9.17, 15) is 5.11 Å². The van der Waals surface area contributed by atoms with Crippen LogP contribution < -0.4 is 10.6 Å². The normalized spacial score (nSPS) is 22.4. The van der Waals surface area contributed by atoms with Crippen molar-refractivity contribution >= 4 is 17.0 Å². The molecule has 3 N–H and O–H groups in total. The highest BCUT2D eigenvalue weighted by Gasteiger charge is 2.24. The molecule has 7 nitrogen and oxygen atoms in total. The summed E-state index contributed by atoms with van der Waals surface area (Å²) >= 11 is 0. The van der Waals surface area contributed by atoms with Gasteiger partial charge < -0.3 is 20.3 Å². The van der Waals surface area contributed by atoms with E-state index in [1.807, 2.05) is 6.20 Å². The number of piperazine rings is 1. The third kappa shape index (κ3) is 5.37. The lowest BCUT2D eigenvalue weighted by molar-refractivity contribution is 0.111. The minimum atomic E-state index is -0.168.